The molecule has 0 bridgehead atoms. The molecular weight excluding hydrogens is 456 g/mol. The van der Waals surface area contributed by atoms with Crippen molar-refractivity contribution in [3.8, 4) is 11.5 Å². The number of benzene rings is 1. The molecule has 11 heteroatoms. The number of aromatic nitrogens is 2. The maximum Gasteiger partial charge on any atom is 0.251 e. The molecule has 2 N–H and O–H groups in total. The molecule has 2 amide bonds. The first-order chi connectivity index (χ1) is 15.1. The molecule has 31 heavy (non-hydrogen) atoms. The van der Waals surface area contributed by atoms with Gasteiger partial charge in [-0.15, -0.1) is 21.5 Å². The Labute approximate surface area is 192 Å². The number of rotatable bonds is 11. The zero-order chi connectivity index (χ0) is 22.1. The number of nitrogens with one attached hydrogen (secondary N) is 2. The smallest absolute Gasteiger partial charge is 0.251 e. The Morgan fingerprint density at radius 1 is 1.10 bits per heavy atom. The molecule has 0 aliphatic heterocycles. The summed E-state index contributed by atoms with van der Waals surface area (Å²) in [5.41, 5.74) is 0.378. The fourth-order valence-electron chi connectivity index (χ4n) is 2.46. The number of thioether (sulfide) groups is 1. The standard InChI is InChI=1S/C20H22N4O4S3/c1-3-27-15-8-7-13(10-16(15)28-4-2)18(26)21-11-17(25)22-19-23-24-20(31-19)30-12-14-6-5-9-29-14/h5-10H,3-4,11-12H2,1-2H3,(H,21,26)(H,22,23,25). The van der Waals surface area contributed by atoms with Crippen LogP contribution in [-0.2, 0) is 10.5 Å². The van der Waals surface area contributed by atoms with E-state index in [1.54, 1.807) is 41.3 Å². The van der Waals surface area contributed by atoms with Crippen LogP contribution in [0.1, 0.15) is 29.1 Å². The van der Waals surface area contributed by atoms with Crippen molar-refractivity contribution in [3.63, 3.8) is 0 Å². The normalized spacial score (nSPS) is 10.5. The number of ether oxygens (including phenoxy) is 2. The zero-order valence-corrected chi connectivity index (χ0v) is 19.5. The largest absolute Gasteiger partial charge is 0.490 e. The summed E-state index contributed by atoms with van der Waals surface area (Å²) < 4.78 is 11.8. The zero-order valence-electron chi connectivity index (χ0n) is 17.0. The van der Waals surface area contributed by atoms with Gasteiger partial charge < -0.3 is 14.8 Å². The third kappa shape index (κ3) is 6.94. The lowest BCUT2D eigenvalue weighted by atomic mass is 10.2. The first-order valence-electron chi connectivity index (χ1n) is 9.55. The van der Waals surface area contributed by atoms with Crippen LogP contribution in [0.5, 0.6) is 11.5 Å². The van der Waals surface area contributed by atoms with Gasteiger partial charge in [0.2, 0.25) is 11.0 Å². The van der Waals surface area contributed by atoms with Gasteiger partial charge in [0, 0.05) is 16.2 Å². The molecule has 0 saturated carbocycles. The Balaban J connectivity index is 1.49. The second-order valence-electron chi connectivity index (χ2n) is 6.00. The molecular formula is C20H22N4O4S3. The van der Waals surface area contributed by atoms with E-state index in [0.29, 0.717) is 35.4 Å². The van der Waals surface area contributed by atoms with E-state index in [1.807, 2.05) is 25.3 Å². The minimum atomic E-state index is -0.386. The average Bonchev–Trinajstić information content (AvgIpc) is 3.44. The molecule has 3 rings (SSSR count). The number of hydrogen-bond donors (Lipinski definition) is 2. The van der Waals surface area contributed by atoms with E-state index in [4.69, 9.17) is 9.47 Å². The summed E-state index contributed by atoms with van der Waals surface area (Å²) >= 11 is 4.55. The predicted octanol–water partition coefficient (Wildman–Crippen LogP) is 4.06. The minimum absolute atomic E-state index is 0.187. The highest BCUT2D eigenvalue weighted by molar-refractivity contribution is 8.00. The highest BCUT2D eigenvalue weighted by Gasteiger charge is 2.14. The fourth-order valence-corrected chi connectivity index (χ4v) is 5.01. The monoisotopic (exact) mass is 478 g/mol. The fraction of sp³-hybridized carbons (Fsp3) is 0.300. The van der Waals surface area contributed by atoms with E-state index in [0.717, 1.165) is 10.1 Å². The summed E-state index contributed by atoms with van der Waals surface area (Å²) in [6.07, 6.45) is 0. The summed E-state index contributed by atoms with van der Waals surface area (Å²) in [6.45, 7) is 4.48. The molecule has 0 fully saturated rings. The van der Waals surface area contributed by atoms with Gasteiger partial charge in [-0.1, -0.05) is 29.2 Å². The third-order valence-electron chi connectivity index (χ3n) is 3.79. The van der Waals surface area contributed by atoms with Crippen LogP contribution in [0.25, 0.3) is 0 Å². The van der Waals surface area contributed by atoms with Crippen molar-refractivity contribution in [2.24, 2.45) is 0 Å². The van der Waals surface area contributed by atoms with Gasteiger partial charge in [-0.25, -0.2) is 0 Å². The summed E-state index contributed by atoms with van der Waals surface area (Å²) in [5, 5.41) is 15.7. The first kappa shape index (κ1) is 23.0. The maximum absolute atomic E-state index is 12.4. The van der Waals surface area contributed by atoms with Gasteiger partial charge in [0.15, 0.2) is 15.8 Å². The minimum Gasteiger partial charge on any atom is -0.490 e. The van der Waals surface area contributed by atoms with Crippen molar-refractivity contribution in [1.82, 2.24) is 15.5 Å². The van der Waals surface area contributed by atoms with Crippen molar-refractivity contribution in [2.75, 3.05) is 25.1 Å². The highest BCUT2D eigenvalue weighted by atomic mass is 32.2. The van der Waals surface area contributed by atoms with Gasteiger partial charge in [0.05, 0.1) is 19.8 Å². The van der Waals surface area contributed by atoms with Crippen LogP contribution in [0.3, 0.4) is 0 Å². The summed E-state index contributed by atoms with van der Waals surface area (Å²) in [7, 11) is 0. The second-order valence-corrected chi connectivity index (χ2v) is 9.23. The molecule has 2 heterocycles. The Morgan fingerprint density at radius 2 is 1.90 bits per heavy atom. The van der Waals surface area contributed by atoms with E-state index in [2.05, 4.69) is 26.9 Å². The van der Waals surface area contributed by atoms with E-state index in [9.17, 15) is 9.59 Å². The van der Waals surface area contributed by atoms with Crippen LogP contribution in [0, 0.1) is 0 Å². The topological polar surface area (TPSA) is 102 Å². The quantitative estimate of drug-likeness (QED) is 0.316. The SMILES string of the molecule is CCOc1ccc(C(=O)NCC(=O)Nc2nnc(SCc3cccs3)s2)cc1OCC. The Bertz CT molecular complexity index is 1010. The number of amides is 2. The number of carbonyl (C=O) groups excluding carboxylic acids is 2. The molecule has 0 aliphatic rings. The predicted molar refractivity (Wildman–Crippen MR) is 124 cm³/mol. The summed E-state index contributed by atoms with van der Waals surface area (Å²) in [6, 6.07) is 8.98. The van der Waals surface area contributed by atoms with E-state index in [1.165, 1.54) is 16.2 Å². The van der Waals surface area contributed by atoms with Gasteiger partial charge in [0.25, 0.3) is 5.91 Å². The molecule has 2 aromatic heterocycles. The van der Waals surface area contributed by atoms with Crippen LogP contribution in [-0.4, -0.2) is 41.8 Å². The molecule has 3 aromatic rings. The molecule has 0 aliphatic carbocycles. The molecule has 0 spiro atoms. The first-order valence-corrected chi connectivity index (χ1v) is 12.2. The van der Waals surface area contributed by atoms with E-state index < -0.39 is 0 Å². The van der Waals surface area contributed by atoms with Crippen molar-refractivity contribution >= 4 is 51.4 Å². The van der Waals surface area contributed by atoms with Crippen LogP contribution >= 0.6 is 34.4 Å². The summed E-state index contributed by atoms with van der Waals surface area (Å²) in [4.78, 5) is 25.8. The molecule has 0 saturated heterocycles. The molecule has 0 atom stereocenters. The number of anilines is 1. The molecule has 8 nitrogen and oxygen atoms in total. The van der Waals surface area contributed by atoms with Gasteiger partial charge in [0.1, 0.15) is 0 Å². The molecule has 164 valence electrons. The number of hydrogen-bond acceptors (Lipinski definition) is 9. The van der Waals surface area contributed by atoms with Gasteiger partial charge in [-0.2, -0.15) is 0 Å². The van der Waals surface area contributed by atoms with Crippen molar-refractivity contribution in [1.29, 1.82) is 0 Å². The molecule has 0 radical (unpaired) electrons. The molecule has 0 unspecified atom stereocenters. The second kappa shape index (κ2) is 11.7. The third-order valence-corrected chi connectivity index (χ3v) is 6.87. The number of nitrogens with zero attached hydrogens (tertiary/aromatic N) is 2. The number of thiophene rings is 1. The Kier molecular flexibility index (Phi) is 8.68. The van der Waals surface area contributed by atoms with Crippen molar-refractivity contribution in [2.45, 2.75) is 23.9 Å². The maximum atomic E-state index is 12.4. The van der Waals surface area contributed by atoms with Crippen LogP contribution in [0.15, 0.2) is 40.1 Å². The van der Waals surface area contributed by atoms with E-state index in [-0.39, 0.29) is 18.4 Å². The lowest BCUT2D eigenvalue weighted by Gasteiger charge is -2.12. The van der Waals surface area contributed by atoms with Crippen molar-refractivity contribution in [3.05, 3.63) is 46.2 Å². The van der Waals surface area contributed by atoms with Gasteiger partial charge in [-0.05, 0) is 43.5 Å². The summed E-state index contributed by atoms with van der Waals surface area (Å²) in [5.74, 6) is 1.10. The van der Waals surface area contributed by atoms with Crippen LogP contribution in [0.4, 0.5) is 5.13 Å². The average molecular weight is 479 g/mol. The number of carbonyl (C=O) groups is 2. The van der Waals surface area contributed by atoms with Crippen LogP contribution < -0.4 is 20.1 Å². The van der Waals surface area contributed by atoms with Crippen LogP contribution in [0.2, 0.25) is 0 Å². The van der Waals surface area contributed by atoms with Gasteiger partial charge >= 0.3 is 0 Å². The van der Waals surface area contributed by atoms with Gasteiger partial charge in [-0.3, -0.25) is 14.9 Å². The lowest BCUT2D eigenvalue weighted by Crippen LogP contribution is -2.32. The Morgan fingerprint density at radius 3 is 2.65 bits per heavy atom. The van der Waals surface area contributed by atoms with Crippen molar-refractivity contribution < 1.29 is 19.1 Å². The van der Waals surface area contributed by atoms with E-state index >= 15 is 0 Å². The molecule has 1 aromatic carbocycles. The highest BCUT2D eigenvalue weighted by Crippen LogP contribution is 2.30. The lowest BCUT2D eigenvalue weighted by molar-refractivity contribution is -0.115. The Hall–Kier alpha value is -2.63.